The first-order valence-electron chi connectivity index (χ1n) is 13.3. The van der Waals surface area contributed by atoms with E-state index in [2.05, 4.69) is 15.1 Å². The summed E-state index contributed by atoms with van der Waals surface area (Å²) >= 11 is 0. The van der Waals surface area contributed by atoms with Crippen LogP contribution in [0.2, 0.25) is 0 Å². The van der Waals surface area contributed by atoms with Gasteiger partial charge in [-0.15, -0.1) is 10.2 Å². The number of carbonyl (C=O) groups excluding carboxylic acids is 2. The molecule has 41 heavy (non-hydrogen) atoms. The van der Waals surface area contributed by atoms with E-state index >= 15 is 0 Å². The van der Waals surface area contributed by atoms with Crippen LogP contribution >= 0.6 is 0 Å². The van der Waals surface area contributed by atoms with Crippen molar-refractivity contribution in [3.63, 3.8) is 0 Å². The van der Waals surface area contributed by atoms with Crippen LogP contribution in [0, 0.1) is 0 Å². The van der Waals surface area contributed by atoms with Crippen LogP contribution in [0.15, 0.2) is 77.4 Å². The highest BCUT2D eigenvalue weighted by Gasteiger charge is 2.27. The molecule has 0 bridgehead atoms. The summed E-state index contributed by atoms with van der Waals surface area (Å²) in [6.45, 7) is 2.42. The Bertz CT molecular complexity index is 1520. The second kappa shape index (κ2) is 11.6. The number of furan rings is 1. The van der Waals surface area contributed by atoms with Gasteiger partial charge in [0.15, 0.2) is 17.3 Å². The Morgan fingerprint density at radius 1 is 0.927 bits per heavy atom. The number of anilines is 1. The molecular formula is C30H29N5O6. The number of methoxy groups -OCH3 is 1. The van der Waals surface area contributed by atoms with E-state index in [4.69, 9.17) is 18.6 Å². The molecule has 0 spiro atoms. The van der Waals surface area contributed by atoms with Gasteiger partial charge in [-0.2, -0.15) is 0 Å². The molecule has 210 valence electrons. The summed E-state index contributed by atoms with van der Waals surface area (Å²) in [6.07, 6.45) is 1.55. The van der Waals surface area contributed by atoms with E-state index in [0.29, 0.717) is 49.0 Å². The number of hydrogen-bond donors (Lipinski definition) is 0. The van der Waals surface area contributed by atoms with Crippen LogP contribution < -0.4 is 19.1 Å². The third-order valence-corrected chi connectivity index (χ3v) is 7.13. The Balaban J connectivity index is 1.09. The lowest BCUT2D eigenvalue weighted by Crippen LogP contribution is -2.52. The standard InChI is InChI=1S/C30H29N5O6/c1-38-23-5-2-4-21(16-23)25-8-10-28(32-31-25)33-11-13-34(14-12-33)29(36)19-35(18-24-6-3-15-39-24)30(37)22-7-9-26-27(17-22)41-20-40-26/h2-10,15-17H,11-14,18-20H2,1H3. The average molecular weight is 556 g/mol. The van der Waals surface area contributed by atoms with Crippen molar-refractivity contribution in [3.8, 4) is 28.5 Å². The second-order valence-corrected chi connectivity index (χ2v) is 9.69. The van der Waals surface area contributed by atoms with Gasteiger partial charge >= 0.3 is 0 Å². The normalized spacial score (nSPS) is 14.2. The van der Waals surface area contributed by atoms with E-state index in [-0.39, 0.29) is 31.7 Å². The monoisotopic (exact) mass is 555 g/mol. The van der Waals surface area contributed by atoms with E-state index in [1.165, 1.54) is 4.90 Å². The maximum absolute atomic E-state index is 13.5. The smallest absolute Gasteiger partial charge is 0.254 e. The van der Waals surface area contributed by atoms with E-state index in [1.807, 2.05) is 36.4 Å². The van der Waals surface area contributed by atoms with Crippen molar-refractivity contribution in [2.24, 2.45) is 0 Å². The van der Waals surface area contributed by atoms with Crippen LogP contribution in [-0.2, 0) is 11.3 Å². The van der Waals surface area contributed by atoms with E-state index in [0.717, 1.165) is 22.8 Å². The first-order chi connectivity index (χ1) is 20.1. The SMILES string of the molecule is COc1cccc(-c2ccc(N3CCN(C(=O)CN(Cc4ccco4)C(=O)c4ccc5c(c4)OCO5)CC3)nn2)c1. The largest absolute Gasteiger partial charge is 0.497 e. The minimum Gasteiger partial charge on any atom is -0.497 e. The first kappa shape index (κ1) is 26.2. The maximum atomic E-state index is 13.5. The summed E-state index contributed by atoms with van der Waals surface area (Å²) in [5.41, 5.74) is 2.09. The van der Waals surface area contributed by atoms with Crippen LogP contribution in [0.25, 0.3) is 11.3 Å². The molecule has 4 aromatic rings. The van der Waals surface area contributed by atoms with Crippen LogP contribution in [0.3, 0.4) is 0 Å². The zero-order chi connectivity index (χ0) is 28.2. The fraction of sp³-hybridized carbons (Fsp3) is 0.267. The third kappa shape index (κ3) is 5.79. The van der Waals surface area contributed by atoms with Crippen LogP contribution in [0.5, 0.6) is 17.2 Å². The quantitative estimate of drug-likeness (QED) is 0.323. The molecule has 11 nitrogen and oxygen atoms in total. The summed E-state index contributed by atoms with van der Waals surface area (Å²) in [5, 5.41) is 8.83. The van der Waals surface area contributed by atoms with Crippen molar-refractivity contribution < 1.29 is 28.2 Å². The number of nitrogens with zero attached hydrogens (tertiary/aromatic N) is 5. The Hall–Kier alpha value is -5.06. The van der Waals surface area contributed by atoms with Crippen molar-refractivity contribution >= 4 is 17.6 Å². The highest BCUT2D eigenvalue weighted by Crippen LogP contribution is 2.33. The van der Waals surface area contributed by atoms with Gasteiger partial charge in [-0.3, -0.25) is 9.59 Å². The molecule has 2 aliphatic heterocycles. The molecule has 0 atom stereocenters. The number of amides is 2. The molecule has 0 aliphatic carbocycles. The Morgan fingerprint density at radius 2 is 1.78 bits per heavy atom. The van der Waals surface area contributed by atoms with Crippen LogP contribution in [0.1, 0.15) is 16.1 Å². The molecule has 1 saturated heterocycles. The van der Waals surface area contributed by atoms with E-state index in [1.54, 1.807) is 48.6 Å². The molecule has 0 N–H and O–H groups in total. The van der Waals surface area contributed by atoms with Gasteiger partial charge in [0.1, 0.15) is 18.1 Å². The molecule has 2 aliphatic rings. The predicted octanol–water partition coefficient (Wildman–Crippen LogP) is 3.47. The van der Waals surface area contributed by atoms with Gasteiger partial charge in [-0.25, -0.2) is 0 Å². The number of carbonyl (C=O) groups is 2. The molecule has 4 heterocycles. The molecule has 0 saturated carbocycles. The summed E-state index contributed by atoms with van der Waals surface area (Å²) < 4.78 is 21.6. The summed E-state index contributed by atoms with van der Waals surface area (Å²) in [5.74, 6) is 2.77. The van der Waals surface area contributed by atoms with Gasteiger partial charge in [-0.1, -0.05) is 12.1 Å². The second-order valence-electron chi connectivity index (χ2n) is 9.69. The van der Waals surface area contributed by atoms with Gasteiger partial charge in [0, 0.05) is 37.3 Å². The van der Waals surface area contributed by atoms with Gasteiger partial charge in [0.05, 0.1) is 25.6 Å². The zero-order valence-electron chi connectivity index (χ0n) is 22.6. The van der Waals surface area contributed by atoms with Crippen molar-refractivity contribution in [3.05, 3.63) is 84.3 Å². The van der Waals surface area contributed by atoms with Gasteiger partial charge < -0.3 is 33.3 Å². The average Bonchev–Trinajstić information content (AvgIpc) is 3.72. The lowest BCUT2D eigenvalue weighted by molar-refractivity contribution is -0.132. The fourth-order valence-corrected chi connectivity index (χ4v) is 4.88. The molecular weight excluding hydrogens is 526 g/mol. The number of hydrogen-bond acceptors (Lipinski definition) is 9. The molecule has 2 aromatic carbocycles. The molecule has 2 aromatic heterocycles. The number of piperazine rings is 1. The zero-order valence-corrected chi connectivity index (χ0v) is 22.6. The number of rotatable bonds is 8. The molecule has 1 fully saturated rings. The van der Waals surface area contributed by atoms with E-state index < -0.39 is 0 Å². The highest BCUT2D eigenvalue weighted by atomic mass is 16.7. The fourth-order valence-electron chi connectivity index (χ4n) is 4.88. The number of fused-ring (bicyclic) bond motifs is 1. The van der Waals surface area contributed by atoms with Crippen LogP contribution in [-0.4, -0.2) is 78.4 Å². The Kier molecular flexibility index (Phi) is 7.40. The van der Waals surface area contributed by atoms with E-state index in [9.17, 15) is 9.59 Å². The number of aromatic nitrogens is 2. The lowest BCUT2D eigenvalue weighted by Gasteiger charge is -2.36. The highest BCUT2D eigenvalue weighted by molar-refractivity contribution is 5.97. The van der Waals surface area contributed by atoms with Crippen molar-refractivity contribution in [2.45, 2.75) is 6.54 Å². The summed E-state index contributed by atoms with van der Waals surface area (Å²) in [6, 6.07) is 20.1. The Morgan fingerprint density at radius 3 is 2.54 bits per heavy atom. The van der Waals surface area contributed by atoms with Crippen molar-refractivity contribution in [1.29, 1.82) is 0 Å². The molecule has 0 radical (unpaired) electrons. The Labute approximate surface area is 236 Å². The molecule has 2 amide bonds. The maximum Gasteiger partial charge on any atom is 0.254 e. The summed E-state index contributed by atoms with van der Waals surface area (Å²) in [7, 11) is 1.63. The van der Waals surface area contributed by atoms with Gasteiger partial charge in [0.25, 0.3) is 5.91 Å². The molecule has 11 heteroatoms. The minimum absolute atomic E-state index is 0.0803. The topological polar surface area (TPSA) is 110 Å². The van der Waals surface area contributed by atoms with Crippen molar-refractivity contribution in [1.82, 2.24) is 20.0 Å². The van der Waals surface area contributed by atoms with Gasteiger partial charge in [0.2, 0.25) is 12.7 Å². The predicted molar refractivity (Wildman–Crippen MR) is 149 cm³/mol. The first-order valence-corrected chi connectivity index (χ1v) is 13.3. The molecule has 0 unspecified atom stereocenters. The number of benzene rings is 2. The molecule has 6 rings (SSSR count). The van der Waals surface area contributed by atoms with Gasteiger partial charge in [-0.05, 0) is 54.6 Å². The lowest BCUT2D eigenvalue weighted by atomic mass is 10.1. The number of ether oxygens (including phenoxy) is 3. The van der Waals surface area contributed by atoms with Crippen LogP contribution in [0.4, 0.5) is 5.82 Å². The summed E-state index contributed by atoms with van der Waals surface area (Å²) in [4.78, 5) is 32.2. The minimum atomic E-state index is -0.293. The third-order valence-electron chi connectivity index (χ3n) is 7.13. The van der Waals surface area contributed by atoms with Crippen molar-refractivity contribution in [2.75, 3.05) is 51.5 Å².